The second-order valence-corrected chi connectivity index (χ2v) is 14.7. The van der Waals surface area contributed by atoms with Gasteiger partial charge in [0.15, 0.2) is 5.60 Å². The lowest BCUT2D eigenvalue weighted by molar-refractivity contribution is -0.148. The van der Waals surface area contributed by atoms with Gasteiger partial charge in [-0.3, -0.25) is 14.4 Å². The Morgan fingerprint density at radius 3 is 2.78 bits per heavy atom. The van der Waals surface area contributed by atoms with Gasteiger partial charge in [-0.2, -0.15) is 0 Å². The largest absolute Gasteiger partial charge is 0.394 e. The lowest BCUT2D eigenvalue weighted by Gasteiger charge is -2.32. The number of aliphatic hydroxyl groups is 1. The second-order valence-electron chi connectivity index (χ2n) is 10.9. The minimum absolute atomic E-state index is 0.0355. The average molecular weight is 519 g/mol. The molecule has 5 atom stereocenters. The number of ether oxygens (including phenoxy) is 1. The van der Waals surface area contributed by atoms with Crippen molar-refractivity contribution < 1.29 is 28.3 Å². The molecule has 0 aliphatic carbocycles. The topological polar surface area (TPSA) is 111 Å². The number of aliphatic hydroxyl groups excluding tert-OH is 1. The lowest BCUT2D eigenvalue weighted by Crippen LogP contribution is -2.48. The predicted octanol–water partition coefficient (Wildman–Crippen LogP) is 1.72. The number of fused-ring (bicyclic) bond motifs is 2. The molecule has 36 heavy (non-hydrogen) atoms. The molecule has 11 heteroatoms. The van der Waals surface area contributed by atoms with Crippen molar-refractivity contribution in [1.29, 1.82) is 0 Å². The summed E-state index contributed by atoms with van der Waals surface area (Å²) in [5, 5.41) is 15.6. The quantitative estimate of drug-likeness (QED) is 0.404. The number of amides is 3. The van der Waals surface area contributed by atoms with Crippen molar-refractivity contribution in [2.24, 2.45) is 5.92 Å². The van der Waals surface area contributed by atoms with Crippen molar-refractivity contribution >= 4 is 37.5 Å². The van der Waals surface area contributed by atoms with Crippen molar-refractivity contribution in [2.45, 2.75) is 62.6 Å². The van der Waals surface area contributed by atoms with E-state index in [0.717, 1.165) is 12.8 Å². The summed E-state index contributed by atoms with van der Waals surface area (Å²) < 4.78 is 22.4. The van der Waals surface area contributed by atoms with Crippen LogP contribution in [0.4, 0.5) is 15.5 Å². The van der Waals surface area contributed by atoms with Gasteiger partial charge in [0.25, 0.3) is 5.91 Å². The minimum Gasteiger partial charge on any atom is -0.394 e. The van der Waals surface area contributed by atoms with Crippen LogP contribution in [0.25, 0.3) is 0 Å². The number of rotatable bonds is 5. The summed E-state index contributed by atoms with van der Waals surface area (Å²) in [6.45, 7) is 6.91. The highest BCUT2D eigenvalue weighted by atomic mass is 28.4. The molecule has 4 heterocycles. The SMILES string of the molecule is C[C@@H]1[C@@H]([Si](C)(C)F)[C@H](CC(=O)N2CCC[C@H]2CO)O[C@@]12C(=O)Nc1ccc(N3CCNCC3=O)cc12. The number of nitrogens with one attached hydrogen (secondary N) is 2. The Morgan fingerprint density at radius 1 is 1.31 bits per heavy atom. The first-order valence-electron chi connectivity index (χ1n) is 12.8. The summed E-state index contributed by atoms with van der Waals surface area (Å²) in [7, 11) is -3.38. The Bertz CT molecular complexity index is 1080. The van der Waals surface area contributed by atoms with E-state index in [1.807, 2.05) is 13.0 Å². The molecule has 196 valence electrons. The molecule has 9 nitrogen and oxygen atoms in total. The molecule has 1 aromatic rings. The van der Waals surface area contributed by atoms with E-state index < -0.39 is 31.6 Å². The summed E-state index contributed by atoms with van der Waals surface area (Å²) in [5.74, 6) is -1.11. The minimum atomic E-state index is -3.38. The molecule has 0 radical (unpaired) electrons. The Balaban J connectivity index is 1.50. The van der Waals surface area contributed by atoms with Gasteiger partial charge in [-0.25, -0.2) is 0 Å². The Hall–Kier alpha value is -2.34. The highest BCUT2D eigenvalue weighted by molar-refractivity contribution is 6.72. The molecule has 0 bridgehead atoms. The van der Waals surface area contributed by atoms with Crippen molar-refractivity contribution in [3.05, 3.63) is 23.8 Å². The maximum Gasteiger partial charge on any atom is 0.261 e. The van der Waals surface area contributed by atoms with Crippen LogP contribution < -0.4 is 15.5 Å². The third kappa shape index (κ3) is 3.96. The van der Waals surface area contributed by atoms with E-state index in [2.05, 4.69) is 10.6 Å². The van der Waals surface area contributed by atoms with Crippen molar-refractivity contribution in [3.63, 3.8) is 0 Å². The zero-order valence-corrected chi connectivity index (χ0v) is 22.1. The number of anilines is 2. The first kappa shape index (κ1) is 25.3. The van der Waals surface area contributed by atoms with E-state index in [0.29, 0.717) is 36.6 Å². The molecule has 0 saturated carbocycles. The average Bonchev–Trinajstić information content (AvgIpc) is 3.49. The van der Waals surface area contributed by atoms with Crippen LogP contribution in [0.5, 0.6) is 0 Å². The summed E-state index contributed by atoms with van der Waals surface area (Å²) in [5.41, 5.74) is -0.172. The van der Waals surface area contributed by atoms with Gasteiger partial charge in [0.05, 0.1) is 31.7 Å². The zero-order chi connectivity index (χ0) is 25.8. The normalized spacial score (nSPS) is 32.4. The molecule has 4 aliphatic heterocycles. The number of piperazine rings is 1. The number of likely N-dealkylation sites (tertiary alicyclic amines) is 1. The van der Waals surface area contributed by atoms with E-state index >= 15 is 4.11 Å². The molecule has 3 saturated heterocycles. The van der Waals surface area contributed by atoms with Crippen LogP contribution in [0, 0.1) is 5.92 Å². The van der Waals surface area contributed by atoms with Crippen LogP contribution >= 0.6 is 0 Å². The third-order valence-electron chi connectivity index (χ3n) is 8.38. The second kappa shape index (κ2) is 9.20. The molecule has 3 fully saturated rings. The monoisotopic (exact) mass is 518 g/mol. The molecular weight excluding hydrogens is 483 g/mol. The van der Waals surface area contributed by atoms with Crippen molar-refractivity contribution in [1.82, 2.24) is 10.2 Å². The molecular formula is C25H35FN4O5Si. The number of benzene rings is 1. The molecule has 1 aromatic carbocycles. The Kier molecular flexibility index (Phi) is 6.47. The first-order chi connectivity index (χ1) is 17.1. The lowest BCUT2D eigenvalue weighted by atomic mass is 9.82. The highest BCUT2D eigenvalue weighted by Gasteiger charge is 2.65. The molecule has 4 aliphatic rings. The number of carbonyl (C=O) groups is 3. The van der Waals surface area contributed by atoms with Gasteiger partial charge in [0.2, 0.25) is 20.2 Å². The summed E-state index contributed by atoms with van der Waals surface area (Å²) >= 11 is 0. The Labute approximate surface area is 211 Å². The fraction of sp³-hybridized carbons (Fsp3) is 0.640. The molecule has 5 rings (SSSR count). The molecule has 3 N–H and O–H groups in total. The summed E-state index contributed by atoms with van der Waals surface area (Å²) in [6, 6.07) is 5.15. The molecule has 3 amide bonds. The fourth-order valence-corrected chi connectivity index (χ4v) is 9.24. The van der Waals surface area contributed by atoms with E-state index in [4.69, 9.17) is 4.74 Å². The molecule has 0 unspecified atom stereocenters. The van der Waals surface area contributed by atoms with E-state index in [9.17, 15) is 19.5 Å². The van der Waals surface area contributed by atoms with E-state index in [1.165, 1.54) is 0 Å². The third-order valence-corrected chi connectivity index (χ3v) is 10.8. The number of hydrogen-bond acceptors (Lipinski definition) is 6. The number of hydrogen-bond donors (Lipinski definition) is 3. The first-order valence-corrected chi connectivity index (χ1v) is 15.8. The van der Waals surface area contributed by atoms with E-state index in [1.54, 1.807) is 35.0 Å². The number of nitrogens with zero attached hydrogens (tertiary/aromatic N) is 2. The summed E-state index contributed by atoms with van der Waals surface area (Å²) in [6.07, 6.45) is 0.759. The van der Waals surface area contributed by atoms with Gasteiger partial charge in [0.1, 0.15) is 0 Å². The smallest absolute Gasteiger partial charge is 0.261 e. The van der Waals surface area contributed by atoms with Crippen molar-refractivity contribution in [3.8, 4) is 0 Å². The Morgan fingerprint density at radius 2 is 2.08 bits per heavy atom. The fourth-order valence-electron chi connectivity index (χ4n) is 6.74. The molecule has 0 aromatic heterocycles. The van der Waals surface area contributed by atoms with Gasteiger partial charge < -0.3 is 34.4 Å². The van der Waals surface area contributed by atoms with Gasteiger partial charge in [0, 0.05) is 48.0 Å². The van der Waals surface area contributed by atoms with Crippen LogP contribution in [-0.2, 0) is 24.7 Å². The van der Waals surface area contributed by atoms with E-state index in [-0.39, 0.29) is 43.3 Å². The zero-order valence-electron chi connectivity index (χ0n) is 21.1. The maximum absolute atomic E-state index is 15.8. The van der Waals surface area contributed by atoms with Crippen molar-refractivity contribution in [2.75, 3.05) is 43.0 Å². The van der Waals surface area contributed by atoms with Gasteiger partial charge in [-0.1, -0.05) is 6.92 Å². The number of halogens is 1. The van der Waals surface area contributed by atoms with Crippen LogP contribution in [-0.4, -0.2) is 81.1 Å². The van der Waals surface area contributed by atoms with Crippen LogP contribution in [0.15, 0.2) is 18.2 Å². The van der Waals surface area contributed by atoms with Gasteiger partial charge in [-0.15, -0.1) is 0 Å². The molecule has 1 spiro atoms. The van der Waals surface area contributed by atoms with Crippen LogP contribution in [0.3, 0.4) is 0 Å². The summed E-state index contributed by atoms with van der Waals surface area (Å²) in [4.78, 5) is 42.6. The maximum atomic E-state index is 15.8. The van der Waals surface area contributed by atoms with Crippen LogP contribution in [0.2, 0.25) is 18.6 Å². The van der Waals surface area contributed by atoms with Gasteiger partial charge in [-0.05, 0) is 44.1 Å². The number of carbonyl (C=O) groups excluding carboxylic acids is 3. The standard InChI is InChI=1S/C25H35FN4O5Si/c1-15-23(36(2,3)26)20(12-21(32)29-9-4-5-17(29)14-31)35-25(15)18-11-16(6-7-19(18)28-24(25)34)30-10-8-27-13-22(30)33/h6-7,11,15,17,20,23,27,31H,4-5,8-10,12-14H2,1-3H3,(H,28,34)/t15-,17+,20+,23-,25+/m1/s1. The van der Waals surface area contributed by atoms with Gasteiger partial charge >= 0.3 is 0 Å². The van der Waals surface area contributed by atoms with Crippen LogP contribution in [0.1, 0.15) is 31.7 Å². The predicted molar refractivity (Wildman–Crippen MR) is 135 cm³/mol. The highest BCUT2D eigenvalue weighted by Crippen LogP contribution is 2.59.